The average Bonchev–Trinajstić information content (AvgIpc) is 2.88. The summed E-state index contributed by atoms with van der Waals surface area (Å²) in [5, 5.41) is 6.22. The maximum absolute atomic E-state index is 11.9. The number of amides is 1. The van der Waals surface area contributed by atoms with Gasteiger partial charge in [0.15, 0.2) is 0 Å². The minimum atomic E-state index is -0.0191. The molecule has 106 valence electrons. The predicted octanol–water partition coefficient (Wildman–Crippen LogP) is 4.26. The Morgan fingerprint density at radius 2 is 2.15 bits per heavy atom. The molecule has 20 heavy (non-hydrogen) atoms. The molecular formula is C15H17BrN2OS. The molecule has 0 spiro atoms. The van der Waals surface area contributed by atoms with Crippen LogP contribution in [0.3, 0.4) is 0 Å². The van der Waals surface area contributed by atoms with Crippen LogP contribution in [0.2, 0.25) is 0 Å². The maximum atomic E-state index is 11.9. The number of benzene rings is 1. The SMILES string of the molecule is CCCNC(=O)c1cccc(NCc2ccc(Br)s2)c1. The van der Waals surface area contributed by atoms with E-state index in [1.165, 1.54) is 4.88 Å². The molecule has 1 amide bonds. The molecule has 0 fully saturated rings. The molecule has 2 N–H and O–H groups in total. The van der Waals surface area contributed by atoms with Crippen LogP contribution in [-0.4, -0.2) is 12.5 Å². The fourth-order valence-electron chi connectivity index (χ4n) is 1.75. The first-order chi connectivity index (χ1) is 9.69. The second-order valence-electron chi connectivity index (χ2n) is 4.40. The average molecular weight is 353 g/mol. The Bertz CT molecular complexity index is 583. The summed E-state index contributed by atoms with van der Waals surface area (Å²) in [6.45, 7) is 3.51. The molecule has 2 aromatic rings. The van der Waals surface area contributed by atoms with Crippen molar-refractivity contribution in [1.29, 1.82) is 0 Å². The van der Waals surface area contributed by atoms with E-state index >= 15 is 0 Å². The Kier molecular flexibility index (Phi) is 5.61. The van der Waals surface area contributed by atoms with Gasteiger partial charge in [-0.3, -0.25) is 4.79 Å². The highest BCUT2D eigenvalue weighted by Crippen LogP contribution is 2.23. The van der Waals surface area contributed by atoms with E-state index in [1.54, 1.807) is 11.3 Å². The summed E-state index contributed by atoms with van der Waals surface area (Å²) in [6.07, 6.45) is 0.941. The molecule has 0 saturated carbocycles. The lowest BCUT2D eigenvalue weighted by Crippen LogP contribution is -2.23. The van der Waals surface area contributed by atoms with Gasteiger partial charge >= 0.3 is 0 Å². The van der Waals surface area contributed by atoms with E-state index < -0.39 is 0 Å². The summed E-state index contributed by atoms with van der Waals surface area (Å²) in [7, 11) is 0. The minimum absolute atomic E-state index is 0.0191. The van der Waals surface area contributed by atoms with Crippen molar-refractivity contribution < 1.29 is 4.79 Å². The van der Waals surface area contributed by atoms with Gasteiger partial charge in [0.2, 0.25) is 0 Å². The third-order valence-electron chi connectivity index (χ3n) is 2.76. The van der Waals surface area contributed by atoms with Crippen molar-refractivity contribution in [1.82, 2.24) is 5.32 Å². The van der Waals surface area contributed by atoms with Crippen molar-refractivity contribution >= 4 is 38.9 Å². The van der Waals surface area contributed by atoms with Crippen LogP contribution in [0.5, 0.6) is 0 Å². The van der Waals surface area contributed by atoms with E-state index in [4.69, 9.17) is 0 Å². The first-order valence-electron chi connectivity index (χ1n) is 6.55. The summed E-state index contributed by atoms with van der Waals surface area (Å²) >= 11 is 5.15. The summed E-state index contributed by atoms with van der Waals surface area (Å²) in [4.78, 5) is 13.1. The Labute approximate surface area is 131 Å². The first kappa shape index (κ1) is 15.1. The van der Waals surface area contributed by atoms with E-state index in [9.17, 15) is 4.79 Å². The van der Waals surface area contributed by atoms with Crippen LogP contribution in [0.4, 0.5) is 5.69 Å². The topological polar surface area (TPSA) is 41.1 Å². The van der Waals surface area contributed by atoms with Crippen molar-refractivity contribution in [3.05, 3.63) is 50.6 Å². The van der Waals surface area contributed by atoms with Gasteiger partial charge in [-0.05, 0) is 52.7 Å². The third kappa shape index (κ3) is 4.35. The number of thiophene rings is 1. The van der Waals surface area contributed by atoms with Crippen LogP contribution >= 0.6 is 27.3 Å². The van der Waals surface area contributed by atoms with E-state index in [2.05, 4.69) is 32.6 Å². The number of carbonyl (C=O) groups is 1. The van der Waals surface area contributed by atoms with Gasteiger partial charge < -0.3 is 10.6 Å². The molecule has 5 heteroatoms. The number of nitrogens with one attached hydrogen (secondary N) is 2. The molecule has 1 aromatic carbocycles. The molecule has 0 aliphatic carbocycles. The molecule has 0 bridgehead atoms. The molecule has 0 unspecified atom stereocenters. The Morgan fingerprint density at radius 3 is 2.85 bits per heavy atom. The lowest BCUT2D eigenvalue weighted by molar-refractivity contribution is 0.0953. The lowest BCUT2D eigenvalue weighted by Gasteiger charge is -2.08. The Balaban J connectivity index is 1.97. The normalized spacial score (nSPS) is 10.3. The van der Waals surface area contributed by atoms with E-state index in [-0.39, 0.29) is 5.91 Å². The molecular weight excluding hydrogens is 336 g/mol. The van der Waals surface area contributed by atoms with Gasteiger partial charge in [-0.25, -0.2) is 0 Å². The lowest BCUT2D eigenvalue weighted by atomic mass is 10.2. The number of hydrogen-bond donors (Lipinski definition) is 2. The van der Waals surface area contributed by atoms with Crippen LogP contribution in [0.25, 0.3) is 0 Å². The van der Waals surface area contributed by atoms with Crippen molar-refractivity contribution in [3.8, 4) is 0 Å². The van der Waals surface area contributed by atoms with Crippen LogP contribution in [0.1, 0.15) is 28.6 Å². The number of anilines is 1. The van der Waals surface area contributed by atoms with Gasteiger partial charge in [-0.1, -0.05) is 13.0 Å². The molecule has 0 aliphatic rings. The zero-order chi connectivity index (χ0) is 14.4. The van der Waals surface area contributed by atoms with Gasteiger partial charge in [0.25, 0.3) is 5.91 Å². The highest BCUT2D eigenvalue weighted by molar-refractivity contribution is 9.11. The summed E-state index contributed by atoms with van der Waals surface area (Å²) in [5.74, 6) is -0.0191. The van der Waals surface area contributed by atoms with Gasteiger partial charge in [-0.15, -0.1) is 11.3 Å². The summed E-state index contributed by atoms with van der Waals surface area (Å²) in [5.41, 5.74) is 1.65. The van der Waals surface area contributed by atoms with Gasteiger partial charge in [0.1, 0.15) is 0 Å². The quantitative estimate of drug-likeness (QED) is 0.815. The molecule has 0 saturated heterocycles. The molecule has 2 rings (SSSR count). The summed E-state index contributed by atoms with van der Waals surface area (Å²) in [6, 6.07) is 11.7. The molecule has 0 atom stereocenters. The number of halogens is 1. The van der Waals surface area contributed by atoms with Crippen LogP contribution < -0.4 is 10.6 Å². The number of rotatable bonds is 6. The molecule has 0 aliphatic heterocycles. The van der Waals surface area contributed by atoms with Crippen molar-refractivity contribution in [2.45, 2.75) is 19.9 Å². The second kappa shape index (κ2) is 7.45. The van der Waals surface area contributed by atoms with E-state index in [1.807, 2.05) is 37.3 Å². The smallest absolute Gasteiger partial charge is 0.251 e. The minimum Gasteiger partial charge on any atom is -0.380 e. The monoisotopic (exact) mass is 352 g/mol. The number of carbonyl (C=O) groups excluding carboxylic acids is 1. The standard InChI is InChI=1S/C15H17BrN2OS/c1-2-8-17-15(19)11-4-3-5-12(9-11)18-10-13-6-7-14(16)20-13/h3-7,9,18H,2,8,10H2,1H3,(H,17,19). The van der Waals surface area contributed by atoms with Gasteiger partial charge in [0.05, 0.1) is 3.79 Å². The molecule has 1 heterocycles. The van der Waals surface area contributed by atoms with Crippen molar-refractivity contribution in [2.24, 2.45) is 0 Å². The Morgan fingerprint density at radius 1 is 1.30 bits per heavy atom. The van der Waals surface area contributed by atoms with Crippen molar-refractivity contribution in [3.63, 3.8) is 0 Å². The fourth-order valence-corrected chi connectivity index (χ4v) is 3.17. The number of hydrogen-bond acceptors (Lipinski definition) is 3. The Hall–Kier alpha value is -1.33. The summed E-state index contributed by atoms with van der Waals surface area (Å²) < 4.78 is 1.13. The molecule has 0 radical (unpaired) electrons. The predicted molar refractivity (Wildman–Crippen MR) is 88.4 cm³/mol. The van der Waals surface area contributed by atoms with Crippen LogP contribution in [0, 0.1) is 0 Å². The van der Waals surface area contributed by atoms with Gasteiger partial charge in [0, 0.05) is 29.2 Å². The largest absolute Gasteiger partial charge is 0.380 e. The van der Waals surface area contributed by atoms with Crippen LogP contribution in [0.15, 0.2) is 40.2 Å². The van der Waals surface area contributed by atoms with Gasteiger partial charge in [-0.2, -0.15) is 0 Å². The maximum Gasteiger partial charge on any atom is 0.251 e. The first-order valence-corrected chi connectivity index (χ1v) is 8.16. The molecule has 1 aromatic heterocycles. The third-order valence-corrected chi connectivity index (χ3v) is 4.38. The highest BCUT2D eigenvalue weighted by Gasteiger charge is 2.05. The molecule has 3 nitrogen and oxygen atoms in total. The zero-order valence-electron chi connectivity index (χ0n) is 11.3. The highest BCUT2D eigenvalue weighted by atomic mass is 79.9. The fraction of sp³-hybridized carbons (Fsp3) is 0.267. The van der Waals surface area contributed by atoms with E-state index in [0.29, 0.717) is 12.1 Å². The second-order valence-corrected chi connectivity index (χ2v) is 6.94. The van der Waals surface area contributed by atoms with Crippen LogP contribution in [-0.2, 0) is 6.54 Å². The van der Waals surface area contributed by atoms with Crippen molar-refractivity contribution in [2.75, 3.05) is 11.9 Å². The zero-order valence-corrected chi connectivity index (χ0v) is 13.7. The van der Waals surface area contributed by atoms with E-state index in [0.717, 1.165) is 22.4 Å².